The molecular formula is C45H44BrClN4O5S2. The van der Waals surface area contributed by atoms with Crippen molar-refractivity contribution in [2.24, 2.45) is 7.05 Å². The molecule has 0 N–H and O–H groups in total. The molecule has 7 aromatic rings. The van der Waals surface area contributed by atoms with E-state index in [1.807, 2.05) is 54.9 Å². The van der Waals surface area contributed by atoms with E-state index < -0.39 is 0 Å². The lowest BCUT2D eigenvalue weighted by Crippen LogP contribution is -2.13. The fourth-order valence-electron chi connectivity index (χ4n) is 7.84. The van der Waals surface area contributed by atoms with Crippen LogP contribution in [-0.2, 0) is 53.8 Å². The minimum absolute atomic E-state index is 0.275. The fourth-order valence-corrected chi connectivity index (χ4v) is 10.1. The van der Waals surface area contributed by atoms with Crippen LogP contribution >= 0.6 is 51.1 Å². The third-order valence-corrected chi connectivity index (χ3v) is 13.4. The maximum absolute atomic E-state index is 13.8. The first kappa shape index (κ1) is 40.4. The smallest absolute Gasteiger partial charge is 0.355 e. The number of carbonyl (C=O) groups is 1. The lowest BCUT2D eigenvalue weighted by Gasteiger charge is -2.13. The number of halogens is 2. The first-order valence-corrected chi connectivity index (χ1v) is 23.1. The molecule has 0 aliphatic carbocycles. The third kappa shape index (κ3) is 8.39. The van der Waals surface area contributed by atoms with E-state index in [0.29, 0.717) is 47.0 Å². The van der Waals surface area contributed by atoms with E-state index in [4.69, 9.17) is 35.4 Å². The fraction of sp³-hybridized carbons (Fsp3) is 0.311. The maximum Gasteiger partial charge on any atom is 0.355 e. The van der Waals surface area contributed by atoms with Crippen molar-refractivity contribution in [1.82, 2.24) is 19.5 Å². The molecule has 0 spiro atoms. The summed E-state index contributed by atoms with van der Waals surface area (Å²) < 4.78 is 27.1. The van der Waals surface area contributed by atoms with Crippen LogP contribution in [-0.4, -0.2) is 45.8 Å². The van der Waals surface area contributed by atoms with Gasteiger partial charge in [-0.05, 0) is 79.5 Å². The van der Waals surface area contributed by atoms with Crippen molar-refractivity contribution in [2.75, 3.05) is 20.3 Å². The van der Waals surface area contributed by atoms with Crippen molar-refractivity contribution in [3.05, 3.63) is 124 Å². The van der Waals surface area contributed by atoms with Crippen molar-refractivity contribution < 1.29 is 23.5 Å². The number of alkyl halides is 1. The van der Waals surface area contributed by atoms with Gasteiger partial charge in [0.05, 0.1) is 47.6 Å². The van der Waals surface area contributed by atoms with Gasteiger partial charge in [-0.3, -0.25) is 4.68 Å². The molecule has 0 radical (unpaired) electrons. The van der Waals surface area contributed by atoms with Gasteiger partial charge in [0.15, 0.2) is 0 Å². The summed E-state index contributed by atoms with van der Waals surface area (Å²) in [5, 5.41) is 13.8. The molecule has 0 amide bonds. The summed E-state index contributed by atoms with van der Waals surface area (Å²) >= 11 is 14.1. The van der Waals surface area contributed by atoms with Gasteiger partial charge in [0.1, 0.15) is 23.0 Å². The summed E-state index contributed by atoms with van der Waals surface area (Å²) in [6, 6.07) is 26.9. The van der Waals surface area contributed by atoms with Crippen LogP contribution in [0.1, 0.15) is 64.2 Å². The predicted octanol–water partition coefficient (Wildman–Crippen LogP) is 11.6. The van der Waals surface area contributed by atoms with Crippen molar-refractivity contribution in [2.45, 2.75) is 66.6 Å². The van der Waals surface area contributed by atoms with Crippen molar-refractivity contribution >= 4 is 78.7 Å². The van der Waals surface area contributed by atoms with Gasteiger partial charge in [0, 0.05) is 69.4 Å². The zero-order valence-electron chi connectivity index (χ0n) is 32.7. The highest BCUT2D eigenvalue weighted by molar-refractivity contribution is 9.08. The minimum atomic E-state index is -0.349. The topological polar surface area (TPSA) is 93.5 Å². The standard InChI is InChI=1S/C45H44BrClN4O5S2/c1-4-54-45(52)44-35(11-8-20-55-40-23-33(21-29-9-5-6-10-34(29)40)58-25-28-13-15-31(53-3)16-14-28)36-17-18-37(47)41(43(36)50(44)2)42-38(48-51-19-7-12-39(42)51)27-57-26-30-22-32(24-46)56-49-30/h5-6,9-10,13-18,21-23H,4,7-8,11-12,19-20,24-27H2,1-3H3. The molecule has 4 aromatic carbocycles. The average Bonchev–Trinajstić information content (AvgIpc) is 4.03. The molecule has 0 unspecified atom stereocenters. The summed E-state index contributed by atoms with van der Waals surface area (Å²) in [7, 11) is 3.63. The Morgan fingerprint density at radius 3 is 2.64 bits per heavy atom. The minimum Gasteiger partial charge on any atom is -0.497 e. The Hall–Kier alpha value is -4.36. The first-order valence-electron chi connectivity index (χ1n) is 19.4. The quantitative estimate of drug-likeness (QED) is 0.0383. The van der Waals surface area contributed by atoms with Crippen molar-refractivity contribution in [3.8, 4) is 22.6 Å². The maximum atomic E-state index is 13.8. The molecule has 8 rings (SSSR count). The van der Waals surface area contributed by atoms with Crippen molar-refractivity contribution in [3.63, 3.8) is 0 Å². The van der Waals surface area contributed by atoms with E-state index in [0.717, 1.165) is 97.0 Å². The number of ether oxygens (including phenoxy) is 3. The Balaban J connectivity index is 1.07. The summed E-state index contributed by atoms with van der Waals surface area (Å²) in [4.78, 5) is 14.9. The van der Waals surface area contributed by atoms with Gasteiger partial charge in [0.25, 0.3) is 0 Å². The number of fused-ring (bicyclic) bond motifs is 3. The van der Waals surface area contributed by atoms with E-state index in [-0.39, 0.29) is 12.6 Å². The molecule has 3 aromatic heterocycles. The van der Waals surface area contributed by atoms with E-state index in [9.17, 15) is 4.79 Å². The summed E-state index contributed by atoms with van der Waals surface area (Å²) in [5.41, 5.74) is 8.62. The number of esters is 1. The number of aryl methyl sites for hydroxylation is 3. The van der Waals surface area contributed by atoms with Crippen molar-refractivity contribution in [1.29, 1.82) is 0 Å². The van der Waals surface area contributed by atoms with Gasteiger partial charge in [-0.2, -0.15) is 5.10 Å². The monoisotopic (exact) mass is 898 g/mol. The van der Waals surface area contributed by atoms with Crippen LogP contribution in [0.25, 0.3) is 32.8 Å². The second-order valence-corrected chi connectivity index (χ2v) is 17.2. The Bertz CT molecular complexity index is 2580. The second-order valence-electron chi connectivity index (χ2n) is 14.2. The van der Waals surface area contributed by atoms with E-state index >= 15 is 0 Å². The van der Waals surface area contributed by atoms with E-state index in [1.54, 1.807) is 30.6 Å². The van der Waals surface area contributed by atoms with Crippen LogP contribution in [0.15, 0.2) is 88.3 Å². The number of hydrogen-bond donors (Lipinski definition) is 0. The van der Waals surface area contributed by atoms with Gasteiger partial charge in [-0.25, -0.2) is 4.79 Å². The molecule has 9 nitrogen and oxygen atoms in total. The summed E-state index contributed by atoms with van der Waals surface area (Å²) in [6.45, 7) is 3.45. The van der Waals surface area contributed by atoms with Crippen LogP contribution in [0.2, 0.25) is 5.02 Å². The van der Waals surface area contributed by atoms with Crippen LogP contribution in [0, 0.1) is 0 Å². The molecule has 0 saturated carbocycles. The molecule has 0 bridgehead atoms. The molecule has 1 aliphatic rings. The number of aromatic nitrogens is 4. The Morgan fingerprint density at radius 1 is 1.00 bits per heavy atom. The molecule has 0 fully saturated rings. The van der Waals surface area contributed by atoms with E-state index in [1.165, 1.54) is 11.3 Å². The normalized spacial score (nSPS) is 12.4. The Morgan fingerprint density at radius 2 is 1.84 bits per heavy atom. The van der Waals surface area contributed by atoms with Gasteiger partial charge < -0.3 is 23.3 Å². The molecule has 0 atom stereocenters. The number of thioether (sulfide) groups is 2. The molecule has 13 heteroatoms. The van der Waals surface area contributed by atoms with E-state index in [2.05, 4.69) is 68.2 Å². The van der Waals surface area contributed by atoms with Gasteiger partial charge in [0.2, 0.25) is 0 Å². The molecule has 0 saturated heterocycles. The Kier molecular flexibility index (Phi) is 12.7. The van der Waals surface area contributed by atoms with Gasteiger partial charge >= 0.3 is 5.97 Å². The lowest BCUT2D eigenvalue weighted by molar-refractivity contribution is 0.0514. The Labute approximate surface area is 359 Å². The van der Waals surface area contributed by atoms with Crippen LogP contribution in [0.4, 0.5) is 0 Å². The van der Waals surface area contributed by atoms with Crippen LogP contribution in [0.5, 0.6) is 11.5 Å². The number of methoxy groups -OCH3 is 1. The predicted molar refractivity (Wildman–Crippen MR) is 238 cm³/mol. The highest BCUT2D eigenvalue weighted by Gasteiger charge is 2.30. The van der Waals surface area contributed by atoms with Crippen LogP contribution in [0.3, 0.4) is 0 Å². The summed E-state index contributed by atoms with van der Waals surface area (Å²) in [5.74, 6) is 4.35. The lowest BCUT2D eigenvalue weighted by atomic mass is 9.97. The number of benzene rings is 4. The zero-order valence-corrected chi connectivity index (χ0v) is 36.7. The highest BCUT2D eigenvalue weighted by Crippen LogP contribution is 2.44. The largest absolute Gasteiger partial charge is 0.497 e. The van der Waals surface area contributed by atoms with Gasteiger partial charge in [-0.15, -0.1) is 23.5 Å². The molecule has 300 valence electrons. The summed E-state index contributed by atoms with van der Waals surface area (Å²) in [6.07, 6.45) is 3.23. The van der Waals surface area contributed by atoms with Crippen LogP contribution < -0.4 is 9.47 Å². The molecule has 4 heterocycles. The average molecular weight is 900 g/mol. The number of carbonyl (C=O) groups excluding carboxylic acids is 1. The SMILES string of the molecule is CCOC(=O)c1c(CCCOc2cc(SCc3ccc(OC)cc3)cc3ccccc23)c2ccc(Cl)c(-c3c(CSCc4cc(CBr)on4)nn4c3CCC4)c2n1C. The zero-order chi connectivity index (χ0) is 40.2. The molecule has 58 heavy (non-hydrogen) atoms. The second kappa shape index (κ2) is 18.3. The van der Waals surface area contributed by atoms with Gasteiger partial charge in [-0.1, -0.05) is 75.2 Å². The number of nitrogens with zero attached hydrogens (tertiary/aromatic N) is 4. The molecular weight excluding hydrogens is 856 g/mol. The number of hydrogen-bond acceptors (Lipinski definition) is 9. The third-order valence-electron chi connectivity index (χ3n) is 10.5. The number of rotatable bonds is 17. The first-order chi connectivity index (χ1) is 28.4. The molecule has 1 aliphatic heterocycles. The highest BCUT2D eigenvalue weighted by atomic mass is 79.9.